The highest BCUT2D eigenvalue weighted by molar-refractivity contribution is 5.75. The Morgan fingerprint density at radius 3 is 2.91 bits per heavy atom. The number of aliphatic hydroxyl groups is 1. The molecule has 0 spiro atoms. The van der Waals surface area contributed by atoms with Gasteiger partial charge < -0.3 is 24.8 Å². The fourth-order valence-corrected chi connectivity index (χ4v) is 2.34. The predicted octanol–water partition coefficient (Wildman–Crippen LogP) is 0.916. The zero-order valence-electron chi connectivity index (χ0n) is 12.5. The first-order chi connectivity index (χ1) is 10.6. The fraction of sp³-hybridized carbons (Fsp3) is 0.533. The summed E-state index contributed by atoms with van der Waals surface area (Å²) in [6.07, 6.45) is -0.355. The second kappa shape index (κ2) is 8.07. The van der Waals surface area contributed by atoms with Crippen molar-refractivity contribution in [2.24, 2.45) is 0 Å². The molecule has 1 aromatic carbocycles. The van der Waals surface area contributed by atoms with E-state index < -0.39 is 0 Å². The highest BCUT2D eigenvalue weighted by Gasteiger charge is 2.25. The number of nitrogens with zero attached hydrogens (tertiary/aromatic N) is 1. The first-order valence-corrected chi connectivity index (χ1v) is 7.16. The average Bonchev–Trinajstić information content (AvgIpc) is 2.55. The normalized spacial score (nSPS) is 19.8. The van der Waals surface area contributed by atoms with Gasteiger partial charge in [-0.05, 0) is 17.7 Å². The molecular formula is C15H21FN2O4. The molecule has 1 aliphatic rings. The van der Waals surface area contributed by atoms with E-state index in [9.17, 15) is 9.18 Å². The molecular weight excluding hydrogens is 291 g/mol. The molecule has 122 valence electrons. The Kier molecular flexibility index (Phi) is 6.11. The molecule has 0 aliphatic carbocycles. The summed E-state index contributed by atoms with van der Waals surface area (Å²) >= 11 is 0. The summed E-state index contributed by atoms with van der Waals surface area (Å²) < 4.78 is 23.5. The zero-order chi connectivity index (χ0) is 15.9. The molecule has 2 rings (SSSR count). The van der Waals surface area contributed by atoms with Gasteiger partial charge in [-0.3, -0.25) is 0 Å². The molecule has 1 saturated heterocycles. The van der Waals surface area contributed by atoms with E-state index in [1.807, 2.05) is 0 Å². The Morgan fingerprint density at radius 2 is 2.27 bits per heavy atom. The van der Waals surface area contributed by atoms with Gasteiger partial charge in [0.05, 0.1) is 38.5 Å². The number of nitrogens with one attached hydrogen (secondary N) is 1. The Balaban J connectivity index is 2.00. The van der Waals surface area contributed by atoms with Crippen LogP contribution in [0.15, 0.2) is 24.3 Å². The first kappa shape index (κ1) is 16.7. The first-order valence-electron chi connectivity index (χ1n) is 7.16. The van der Waals surface area contributed by atoms with Crippen LogP contribution >= 0.6 is 0 Å². The second-order valence-electron chi connectivity index (χ2n) is 5.13. The lowest BCUT2D eigenvalue weighted by Gasteiger charge is -2.33. The van der Waals surface area contributed by atoms with Crippen molar-refractivity contribution in [3.8, 4) is 0 Å². The number of rotatable bonds is 5. The molecule has 0 bridgehead atoms. The van der Waals surface area contributed by atoms with Gasteiger partial charge in [0.15, 0.2) is 0 Å². The van der Waals surface area contributed by atoms with Crippen molar-refractivity contribution in [2.75, 3.05) is 40.0 Å². The number of hydrogen-bond donors (Lipinski definition) is 2. The topological polar surface area (TPSA) is 71.0 Å². The number of morpholine rings is 1. The van der Waals surface area contributed by atoms with Gasteiger partial charge in [-0.1, -0.05) is 12.1 Å². The molecule has 2 unspecified atom stereocenters. The molecule has 7 heteroatoms. The number of carbonyl (C=O) groups excluding carboxylic acids is 1. The predicted molar refractivity (Wildman–Crippen MR) is 77.9 cm³/mol. The summed E-state index contributed by atoms with van der Waals surface area (Å²) in [7, 11) is 1.54. The SMILES string of the molecule is COCC(NC(=O)N1CCOC(CO)C1)c1ccc(F)cc1. The van der Waals surface area contributed by atoms with Crippen LogP contribution in [0.25, 0.3) is 0 Å². The smallest absolute Gasteiger partial charge is 0.318 e. The molecule has 0 radical (unpaired) electrons. The van der Waals surface area contributed by atoms with E-state index in [2.05, 4.69) is 5.32 Å². The third-order valence-electron chi connectivity index (χ3n) is 3.53. The largest absolute Gasteiger partial charge is 0.394 e. The van der Waals surface area contributed by atoms with Crippen LogP contribution in [0.5, 0.6) is 0 Å². The number of aliphatic hydroxyl groups excluding tert-OH is 1. The molecule has 1 aliphatic heterocycles. The van der Waals surface area contributed by atoms with E-state index in [0.717, 1.165) is 5.56 Å². The maximum absolute atomic E-state index is 13.0. The van der Waals surface area contributed by atoms with Crippen molar-refractivity contribution >= 4 is 6.03 Å². The number of halogens is 1. The molecule has 1 heterocycles. The van der Waals surface area contributed by atoms with Crippen LogP contribution < -0.4 is 5.32 Å². The molecule has 2 N–H and O–H groups in total. The lowest BCUT2D eigenvalue weighted by atomic mass is 10.1. The van der Waals surface area contributed by atoms with Crippen molar-refractivity contribution in [1.29, 1.82) is 0 Å². The lowest BCUT2D eigenvalue weighted by molar-refractivity contribution is -0.0407. The Hall–Kier alpha value is -1.70. The minimum Gasteiger partial charge on any atom is -0.394 e. The van der Waals surface area contributed by atoms with Crippen LogP contribution in [0.3, 0.4) is 0 Å². The monoisotopic (exact) mass is 312 g/mol. The number of hydrogen-bond acceptors (Lipinski definition) is 4. The minimum atomic E-state index is -0.367. The van der Waals surface area contributed by atoms with Crippen LogP contribution in [0.1, 0.15) is 11.6 Å². The van der Waals surface area contributed by atoms with E-state index >= 15 is 0 Å². The third-order valence-corrected chi connectivity index (χ3v) is 3.53. The van der Waals surface area contributed by atoms with Gasteiger partial charge in [0.25, 0.3) is 0 Å². The second-order valence-corrected chi connectivity index (χ2v) is 5.13. The van der Waals surface area contributed by atoms with Crippen molar-refractivity contribution in [1.82, 2.24) is 10.2 Å². The minimum absolute atomic E-state index is 0.122. The number of ether oxygens (including phenoxy) is 2. The standard InChI is InChI=1S/C15H21FN2O4/c1-21-10-14(11-2-4-12(16)5-3-11)17-15(20)18-6-7-22-13(8-18)9-19/h2-5,13-14,19H,6-10H2,1H3,(H,17,20). The summed E-state index contributed by atoms with van der Waals surface area (Å²) in [5.41, 5.74) is 0.767. The van der Waals surface area contributed by atoms with Gasteiger partial charge in [0, 0.05) is 13.7 Å². The van der Waals surface area contributed by atoms with Crippen molar-refractivity contribution in [3.63, 3.8) is 0 Å². The average molecular weight is 312 g/mol. The van der Waals surface area contributed by atoms with Gasteiger partial charge in [0.2, 0.25) is 0 Å². The number of carbonyl (C=O) groups is 1. The maximum Gasteiger partial charge on any atom is 0.318 e. The van der Waals surface area contributed by atoms with E-state index in [0.29, 0.717) is 19.7 Å². The van der Waals surface area contributed by atoms with E-state index in [1.54, 1.807) is 24.1 Å². The van der Waals surface area contributed by atoms with Crippen LogP contribution in [0.2, 0.25) is 0 Å². The van der Waals surface area contributed by atoms with Crippen molar-refractivity contribution < 1.29 is 23.8 Å². The zero-order valence-corrected chi connectivity index (χ0v) is 12.5. The quantitative estimate of drug-likeness (QED) is 0.848. The Bertz CT molecular complexity index is 483. The van der Waals surface area contributed by atoms with Gasteiger partial charge in [-0.15, -0.1) is 0 Å². The van der Waals surface area contributed by atoms with E-state index in [4.69, 9.17) is 14.6 Å². The highest BCUT2D eigenvalue weighted by atomic mass is 19.1. The number of methoxy groups -OCH3 is 1. The maximum atomic E-state index is 13.0. The number of urea groups is 1. The van der Waals surface area contributed by atoms with Crippen molar-refractivity contribution in [3.05, 3.63) is 35.6 Å². The molecule has 0 aromatic heterocycles. The van der Waals surface area contributed by atoms with Crippen LogP contribution in [-0.4, -0.2) is 62.2 Å². The molecule has 22 heavy (non-hydrogen) atoms. The lowest BCUT2D eigenvalue weighted by Crippen LogP contribution is -2.51. The summed E-state index contributed by atoms with van der Waals surface area (Å²) in [5.74, 6) is -0.329. The van der Waals surface area contributed by atoms with Crippen LogP contribution in [-0.2, 0) is 9.47 Å². The molecule has 2 amide bonds. The van der Waals surface area contributed by atoms with E-state index in [1.165, 1.54) is 12.1 Å². The Morgan fingerprint density at radius 1 is 1.55 bits per heavy atom. The molecule has 2 atom stereocenters. The third kappa shape index (κ3) is 4.40. The summed E-state index contributed by atoms with van der Waals surface area (Å²) in [5, 5.41) is 12.0. The molecule has 6 nitrogen and oxygen atoms in total. The summed E-state index contributed by atoms with van der Waals surface area (Å²) in [6.45, 7) is 1.36. The van der Waals surface area contributed by atoms with Gasteiger partial charge in [-0.2, -0.15) is 0 Å². The van der Waals surface area contributed by atoms with Gasteiger partial charge in [0.1, 0.15) is 5.82 Å². The Labute approximate surface area is 128 Å². The molecule has 1 fully saturated rings. The van der Waals surface area contributed by atoms with Gasteiger partial charge >= 0.3 is 6.03 Å². The summed E-state index contributed by atoms with van der Waals surface area (Å²) in [4.78, 5) is 13.9. The fourth-order valence-electron chi connectivity index (χ4n) is 2.34. The van der Waals surface area contributed by atoms with Crippen molar-refractivity contribution in [2.45, 2.75) is 12.1 Å². The number of benzene rings is 1. The van der Waals surface area contributed by atoms with Crippen LogP contribution in [0, 0.1) is 5.82 Å². The molecule has 0 saturated carbocycles. The van der Waals surface area contributed by atoms with Gasteiger partial charge in [-0.25, -0.2) is 9.18 Å². The van der Waals surface area contributed by atoms with Crippen LogP contribution in [0.4, 0.5) is 9.18 Å². The number of amides is 2. The van der Waals surface area contributed by atoms with E-state index in [-0.39, 0.29) is 37.2 Å². The molecule has 1 aromatic rings. The summed E-state index contributed by atoms with van der Waals surface area (Å²) in [6, 6.07) is 5.31. The highest BCUT2D eigenvalue weighted by Crippen LogP contribution is 2.15.